The van der Waals surface area contributed by atoms with Gasteiger partial charge in [-0.2, -0.15) is 0 Å². The van der Waals surface area contributed by atoms with Gasteiger partial charge >= 0.3 is 0 Å². The molecule has 3 nitrogen and oxygen atoms in total. The molecule has 2 fully saturated rings. The van der Waals surface area contributed by atoms with Gasteiger partial charge in [-0.25, -0.2) is 0 Å². The maximum Gasteiger partial charge on any atom is 0.158 e. The van der Waals surface area contributed by atoms with Gasteiger partial charge in [-0.15, -0.1) is 0 Å². The van der Waals surface area contributed by atoms with Crippen molar-refractivity contribution in [2.75, 3.05) is 6.61 Å². The molecular weight excluding hydrogens is 190 g/mol. The topological polar surface area (TPSA) is 44.5 Å². The predicted molar refractivity (Wildman–Crippen MR) is 59.5 cm³/mol. The second kappa shape index (κ2) is 4.81. The number of hydrogen-bond donors (Lipinski definition) is 1. The summed E-state index contributed by atoms with van der Waals surface area (Å²) in [4.78, 5) is 0. The molecule has 2 N–H and O–H groups in total. The molecule has 1 saturated heterocycles. The molecular formula is C12H23NO2. The zero-order chi connectivity index (χ0) is 10.7. The lowest BCUT2D eigenvalue weighted by Gasteiger charge is -2.38. The first-order valence-electron chi connectivity index (χ1n) is 6.28. The number of ether oxygens (including phenoxy) is 2. The summed E-state index contributed by atoms with van der Waals surface area (Å²) in [6.45, 7) is 2.91. The summed E-state index contributed by atoms with van der Waals surface area (Å²) < 4.78 is 11.8. The maximum atomic E-state index is 6.15. The molecule has 0 amide bonds. The number of rotatable bonds is 3. The smallest absolute Gasteiger partial charge is 0.158 e. The Labute approximate surface area is 92.3 Å². The highest BCUT2D eigenvalue weighted by atomic mass is 16.7. The normalized spacial score (nSPS) is 32.8. The summed E-state index contributed by atoms with van der Waals surface area (Å²) in [6.07, 6.45) is 8.12. The van der Waals surface area contributed by atoms with E-state index in [2.05, 4.69) is 6.92 Å². The van der Waals surface area contributed by atoms with Gasteiger partial charge in [0.1, 0.15) is 0 Å². The fourth-order valence-electron chi connectivity index (χ4n) is 2.72. The molecule has 0 spiro atoms. The van der Waals surface area contributed by atoms with Gasteiger partial charge in [0.05, 0.1) is 5.60 Å². The molecule has 0 aromatic carbocycles. The highest BCUT2D eigenvalue weighted by Crippen LogP contribution is 2.37. The van der Waals surface area contributed by atoms with E-state index in [0.717, 1.165) is 25.9 Å². The van der Waals surface area contributed by atoms with Crippen LogP contribution < -0.4 is 5.73 Å². The lowest BCUT2D eigenvalue weighted by atomic mass is 9.94. The Kier molecular flexibility index (Phi) is 3.65. The molecule has 1 aliphatic heterocycles. The molecule has 2 atom stereocenters. The van der Waals surface area contributed by atoms with Crippen molar-refractivity contribution in [1.82, 2.24) is 0 Å². The van der Waals surface area contributed by atoms with E-state index in [9.17, 15) is 0 Å². The third-order valence-electron chi connectivity index (χ3n) is 3.78. The molecule has 2 unspecified atom stereocenters. The fourth-order valence-corrected chi connectivity index (χ4v) is 2.72. The van der Waals surface area contributed by atoms with E-state index >= 15 is 0 Å². The van der Waals surface area contributed by atoms with Gasteiger partial charge in [0.25, 0.3) is 0 Å². The Morgan fingerprint density at radius 2 is 2.00 bits per heavy atom. The summed E-state index contributed by atoms with van der Waals surface area (Å²) >= 11 is 0. The van der Waals surface area contributed by atoms with Gasteiger partial charge in [-0.3, -0.25) is 0 Å². The van der Waals surface area contributed by atoms with Crippen LogP contribution in [0.3, 0.4) is 0 Å². The highest BCUT2D eigenvalue weighted by molar-refractivity contribution is 4.93. The monoisotopic (exact) mass is 213 g/mol. The Morgan fingerprint density at radius 3 is 2.53 bits per heavy atom. The zero-order valence-corrected chi connectivity index (χ0v) is 9.71. The number of hydrogen-bond acceptors (Lipinski definition) is 3. The van der Waals surface area contributed by atoms with Crippen LogP contribution in [0.1, 0.15) is 51.9 Å². The third-order valence-corrected chi connectivity index (χ3v) is 3.78. The Morgan fingerprint density at radius 1 is 1.27 bits per heavy atom. The molecule has 0 bridgehead atoms. The van der Waals surface area contributed by atoms with Crippen molar-refractivity contribution in [2.24, 2.45) is 5.73 Å². The van der Waals surface area contributed by atoms with E-state index in [1.807, 2.05) is 0 Å². The second-order valence-electron chi connectivity index (χ2n) is 4.97. The van der Waals surface area contributed by atoms with Crippen LogP contribution in [0.2, 0.25) is 0 Å². The van der Waals surface area contributed by atoms with Crippen LogP contribution in [0.5, 0.6) is 0 Å². The average Bonchev–Trinajstić information content (AvgIpc) is 2.69. The van der Waals surface area contributed by atoms with Crippen molar-refractivity contribution in [2.45, 2.75) is 69.8 Å². The molecule has 0 aromatic rings. The first-order chi connectivity index (χ1) is 7.23. The highest BCUT2D eigenvalue weighted by Gasteiger charge is 2.40. The van der Waals surface area contributed by atoms with Gasteiger partial charge in [0, 0.05) is 12.6 Å². The van der Waals surface area contributed by atoms with E-state index in [0.29, 0.717) is 0 Å². The third kappa shape index (κ3) is 2.52. The summed E-state index contributed by atoms with van der Waals surface area (Å²) in [6, 6.07) is 0.116. The van der Waals surface area contributed by atoms with Crippen molar-refractivity contribution >= 4 is 0 Å². The number of nitrogens with two attached hydrogens (primary N) is 1. The largest absolute Gasteiger partial charge is 0.353 e. The van der Waals surface area contributed by atoms with Crippen LogP contribution >= 0.6 is 0 Å². The van der Waals surface area contributed by atoms with Crippen LogP contribution in [0.15, 0.2) is 0 Å². The fraction of sp³-hybridized carbons (Fsp3) is 1.00. The minimum absolute atomic E-state index is 0.00264. The zero-order valence-electron chi connectivity index (χ0n) is 9.71. The maximum absolute atomic E-state index is 6.15. The molecule has 0 aromatic heterocycles. The summed E-state index contributed by atoms with van der Waals surface area (Å²) in [5, 5.41) is 0. The van der Waals surface area contributed by atoms with Gasteiger partial charge in [0.2, 0.25) is 0 Å². The first-order valence-corrected chi connectivity index (χ1v) is 6.28. The molecule has 15 heavy (non-hydrogen) atoms. The lowest BCUT2D eigenvalue weighted by Crippen LogP contribution is -2.49. The van der Waals surface area contributed by atoms with Crippen LogP contribution in [-0.4, -0.2) is 24.5 Å². The second-order valence-corrected chi connectivity index (χ2v) is 4.97. The SMILES string of the molecule is CC(N)C1(OC2CCCCO2)CCCC1. The van der Waals surface area contributed by atoms with E-state index in [1.165, 1.54) is 25.7 Å². The summed E-state index contributed by atoms with van der Waals surface area (Å²) in [5.41, 5.74) is 5.97. The van der Waals surface area contributed by atoms with Gasteiger partial charge in [-0.05, 0) is 39.0 Å². The molecule has 2 aliphatic rings. The lowest BCUT2D eigenvalue weighted by molar-refractivity contribution is -0.228. The molecule has 1 aliphatic carbocycles. The Balaban J connectivity index is 1.93. The van der Waals surface area contributed by atoms with E-state index in [4.69, 9.17) is 15.2 Å². The Hall–Kier alpha value is -0.120. The van der Waals surface area contributed by atoms with Gasteiger partial charge in [0.15, 0.2) is 6.29 Å². The molecule has 0 radical (unpaired) electrons. The van der Waals surface area contributed by atoms with E-state index in [-0.39, 0.29) is 17.9 Å². The minimum Gasteiger partial charge on any atom is -0.353 e. The molecule has 1 heterocycles. The molecule has 2 rings (SSSR count). The quantitative estimate of drug-likeness (QED) is 0.781. The minimum atomic E-state index is -0.0952. The van der Waals surface area contributed by atoms with Crippen molar-refractivity contribution < 1.29 is 9.47 Å². The molecule has 88 valence electrons. The van der Waals surface area contributed by atoms with Crippen molar-refractivity contribution in [3.63, 3.8) is 0 Å². The van der Waals surface area contributed by atoms with Gasteiger partial charge in [-0.1, -0.05) is 12.8 Å². The Bertz CT molecular complexity index is 194. The van der Waals surface area contributed by atoms with Crippen molar-refractivity contribution in [1.29, 1.82) is 0 Å². The standard InChI is InChI=1S/C12H23NO2/c1-10(13)12(7-3-4-8-12)15-11-6-2-5-9-14-11/h10-11H,2-9,13H2,1H3. The average molecular weight is 213 g/mol. The molecule has 3 heteroatoms. The van der Waals surface area contributed by atoms with E-state index in [1.54, 1.807) is 0 Å². The van der Waals surface area contributed by atoms with E-state index < -0.39 is 0 Å². The molecule has 1 saturated carbocycles. The van der Waals surface area contributed by atoms with Crippen LogP contribution in [-0.2, 0) is 9.47 Å². The van der Waals surface area contributed by atoms with Crippen LogP contribution in [0, 0.1) is 0 Å². The summed E-state index contributed by atoms with van der Waals surface area (Å²) in [5.74, 6) is 0. The van der Waals surface area contributed by atoms with Gasteiger partial charge < -0.3 is 15.2 Å². The van der Waals surface area contributed by atoms with Crippen molar-refractivity contribution in [3.8, 4) is 0 Å². The summed E-state index contributed by atoms with van der Waals surface area (Å²) in [7, 11) is 0. The first kappa shape index (κ1) is 11.4. The predicted octanol–water partition coefficient (Wildman–Crippen LogP) is 2.19. The van der Waals surface area contributed by atoms with Crippen LogP contribution in [0.25, 0.3) is 0 Å². The van der Waals surface area contributed by atoms with Crippen molar-refractivity contribution in [3.05, 3.63) is 0 Å². The van der Waals surface area contributed by atoms with Crippen LogP contribution in [0.4, 0.5) is 0 Å².